The van der Waals surface area contributed by atoms with Gasteiger partial charge < -0.3 is 13.9 Å². The normalized spacial score (nSPS) is 15.0. The van der Waals surface area contributed by atoms with Gasteiger partial charge >= 0.3 is 0 Å². The summed E-state index contributed by atoms with van der Waals surface area (Å²) in [6.07, 6.45) is 0.648. The summed E-state index contributed by atoms with van der Waals surface area (Å²) in [4.78, 5) is 28.7. The van der Waals surface area contributed by atoms with Gasteiger partial charge in [-0.05, 0) is 56.2 Å². The predicted octanol–water partition coefficient (Wildman–Crippen LogP) is 4.89. The number of ether oxygens (including phenoxy) is 2. The first-order valence-electron chi connectivity index (χ1n) is 11.3. The van der Waals surface area contributed by atoms with Crippen LogP contribution in [-0.4, -0.2) is 29.3 Å². The summed E-state index contributed by atoms with van der Waals surface area (Å²) in [6, 6.07) is 8.04. The second kappa shape index (κ2) is 9.10. The van der Waals surface area contributed by atoms with E-state index in [0.717, 1.165) is 11.1 Å². The van der Waals surface area contributed by atoms with Crippen LogP contribution in [0.4, 0.5) is 9.52 Å². The monoisotopic (exact) mass is 495 g/mol. The zero-order valence-electron chi connectivity index (χ0n) is 19.3. The van der Waals surface area contributed by atoms with Gasteiger partial charge in [-0.15, -0.1) is 10.2 Å². The fourth-order valence-corrected chi connectivity index (χ4v) is 4.99. The smallest absolute Gasteiger partial charge is 0.297 e. The van der Waals surface area contributed by atoms with E-state index >= 15 is 0 Å². The number of nitrogens with zero attached hydrogens (tertiary/aromatic N) is 3. The Labute approximate surface area is 203 Å². The Kier molecular flexibility index (Phi) is 5.98. The molecule has 0 N–H and O–H groups in total. The van der Waals surface area contributed by atoms with Crippen LogP contribution in [0.15, 0.2) is 45.6 Å². The van der Waals surface area contributed by atoms with Gasteiger partial charge in [0.25, 0.3) is 5.91 Å². The molecule has 180 valence electrons. The van der Waals surface area contributed by atoms with Crippen molar-refractivity contribution in [3.8, 4) is 11.5 Å². The van der Waals surface area contributed by atoms with Crippen molar-refractivity contribution >= 4 is 33.3 Å². The summed E-state index contributed by atoms with van der Waals surface area (Å²) in [5.41, 5.74) is 0.374. The fraction of sp³-hybridized carbons (Fsp3) is 0.280. The van der Waals surface area contributed by atoms with E-state index in [4.69, 9.17) is 13.9 Å². The van der Waals surface area contributed by atoms with Gasteiger partial charge in [-0.1, -0.05) is 24.3 Å². The van der Waals surface area contributed by atoms with Gasteiger partial charge in [0.05, 0.1) is 30.2 Å². The molecule has 0 bridgehead atoms. The number of benzene rings is 2. The van der Waals surface area contributed by atoms with Crippen LogP contribution >= 0.6 is 11.3 Å². The first-order chi connectivity index (χ1) is 17.0. The Hall–Kier alpha value is -3.79. The van der Waals surface area contributed by atoms with Crippen molar-refractivity contribution in [1.82, 2.24) is 10.2 Å². The van der Waals surface area contributed by atoms with Crippen LogP contribution in [0.1, 0.15) is 53.5 Å². The quantitative estimate of drug-likeness (QED) is 0.360. The van der Waals surface area contributed by atoms with E-state index in [1.165, 1.54) is 28.4 Å². The molecule has 2 aromatic heterocycles. The lowest BCUT2D eigenvalue weighted by atomic mass is 9.98. The molecular formula is C25H22FN3O5S. The molecule has 4 aromatic rings. The van der Waals surface area contributed by atoms with Crippen LogP contribution in [0.5, 0.6) is 11.5 Å². The Morgan fingerprint density at radius 3 is 2.51 bits per heavy atom. The number of fused-ring (bicyclic) bond motifs is 2. The van der Waals surface area contributed by atoms with Crippen LogP contribution < -0.4 is 19.8 Å². The van der Waals surface area contributed by atoms with Crippen molar-refractivity contribution < 1.29 is 23.1 Å². The Morgan fingerprint density at radius 2 is 1.80 bits per heavy atom. The minimum atomic E-state index is -0.867. The third-order valence-electron chi connectivity index (χ3n) is 5.68. The van der Waals surface area contributed by atoms with Crippen LogP contribution in [0.25, 0.3) is 11.0 Å². The van der Waals surface area contributed by atoms with Crippen molar-refractivity contribution in [2.45, 2.75) is 33.2 Å². The molecule has 5 rings (SSSR count). The van der Waals surface area contributed by atoms with E-state index in [1.807, 2.05) is 20.8 Å². The SMILES string of the molecule is CCOc1ccc(C2c3c(oc4ccc(F)cc4c3=O)C(=O)N2c2nnc(CC)s2)cc1OCC. The number of rotatable bonds is 7. The molecule has 1 aliphatic heterocycles. The van der Waals surface area contributed by atoms with E-state index in [0.29, 0.717) is 41.8 Å². The number of hydrogen-bond donors (Lipinski definition) is 0. The molecule has 3 heterocycles. The van der Waals surface area contributed by atoms with Crippen LogP contribution in [0, 0.1) is 5.82 Å². The second-order valence-corrected chi connectivity index (χ2v) is 8.84. The number of carbonyl (C=O) groups is 1. The van der Waals surface area contributed by atoms with E-state index in [-0.39, 0.29) is 22.3 Å². The number of anilines is 1. The highest BCUT2D eigenvalue weighted by Gasteiger charge is 2.45. The second-order valence-electron chi connectivity index (χ2n) is 7.80. The highest BCUT2D eigenvalue weighted by Crippen LogP contribution is 2.44. The number of halogens is 1. The van der Waals surface area contributed by atoms with Gasteiger partial charge in [-0.3, -0.25) is 14.5 Å². The Morgan fingerprint density at radius 1 is 1.03 bits per heavy atom. The molecule has 0 saturated heterocycles. The third kappa shape index (κ3) is 3.83. The maximum absolute atomic E-state index is 14.0. The summed E-state index contributed by atoms with van der Waals surface area (Å²) >= 11 is 1.26. The lowest BCUT2D eigenvalue weighted by molar-refractivity contribution is 0.0970. The molecule has 0 fully saturated rings. The van der Waals surface area contributed by atoms with Gasteiger partial charge in [0.1, 0.15) is 16.4 Å². The maximum Gasteiger partial charge on any atom is 0.297 e. The minimum Gasteiger partial charge on any atom is -0.490 e. The van der Waals surface area contributed by atoms with Gasteiger partial charge in [-0.2, -0.15) is 0 Å². The molecule has 0 saturated carbocycles. The van der Waals surface area contributed by atoms with E-state index in [2.05, 4.69) is 10.2 Å². The summed E-state index contributed by atoms with van der Waals surface area (Å²) < 4.78 is 31.3. The number of aromatic nitrogens is 2. The predicted molar refractivity (Wildman–Crippen MR) is 129 cm³/mol. The number of amides is 1. The van der Waals surface area contributed by atoms with Crippen LogP contribution in [-0.2, 0) is 6.42 Å². The minimum absolute atomic E-state index is 0.0610. The largest absolute Gasteiger partial charge is 0.490 e. The fourth-order valence-electron chi connectivity index (χ4n) is 4.18. The Bertz CT molecular complexity index is 1500. The lowest BCUT2D eigenvalue weighted by Crippen LogP contribution is -2.29. The lowest BCUT2D eigenvalue weighted by Gasteiger charge is -2.23. The molecule has 35 heavy (non-hydrogen) atoms. The van der Waals surface area contributed by atoms with Crippen molar-refractivity contribution in [3.05, 3.63) is 74.3 Å². The summed E-state index contributed by atoms with van der Waals surface area (Å²) in [5, 5.41) is 9.51. The van der Waals surface area contributed by atoms with E-state index in [1.54, 1.807) is 18.2 Å². The third-order valence-corrected chi connectivity index (χ3v) is 6.75. The van der Waals surface area contributed by atoms with Gasteiger partial charge in [-0.25, -0.2) is 4.39 Å². The van der Waals surface area contributed by atoms with Crippen LogP contribution in [0.2, 0.25) is 0 Å². The van der Waals surface area contributed by atoms with Crippen LogP contribution in [0.3, 0.4) is 0 Å². The van der Waals surface area contributed by atoms with Crippen molar-refractivity contribution in [3.63, 3.8) is 0 Å². The number of aryl methyl sites for hydroxylation is 1. The van der Waals surface area contributed by atoms with Crippen molar-refractivity contribution in [2.75, 3.05) is 18.1 Å². The van der Waals surface area contributed by atoms with Gasteiger partial charge in [0.2, 0.25) is 10.9 Å². The highest BCUT2D eigenvalue weighted by molar-refractivity contribution is 7.15. The van der Waals surface area contributed by atoms with E-state index < -0.39 is 23.2 Å². The van der Waals surface area contributed by atoms with Gasteiger partial charge in [0.15, 0.2) is 16.9 Å². The zero-order chi connectivity index (χ0) is 24.7. The first-order valence-corrected chi connectivity index (χ1v) is 12.1. The molecular weight excluding hydrogens is 473 g/mol. The maximum atomic E-state index is 14.0. The topological polar surface area (TPSA) is 94.8 Å². The van der Waals surface area contributed by atoms with E-state index in [9.17, 15) is 14.0 Å². The number of carbonyl (C=O) groups excluding carboxylic acids is 1. The van der Waals surface area contributed by atoms with Crippen molar-refractivity contribution in [1.29, 1.82) is 0 Å². The standard InChI is InChI=1S/C25H22FN3O5S/c1-4-19-27-28-25(35-19)29-21(13-7-9-17(32-5-2)18(11-13)33-6-3)20-22(30)15-12-14(26)8-10-16(15)34-23(20)24(29)31/h7-12,21H,4-6H2,1-3H3. The zero-order valence-corrected chi connectivity index (χ0v) is 20.1. The molecule has 8 nitrogen and oxygen atoms in total. The molecule has 0 spiro atoms. The molecule has 0 aliphatic carbocycles. The highest BCUT2D eigenvalue weighted by atomic mass is 32.1. The molecule has 1 atom stereocenters. The molecule has 10 heteroatoms. The summed E-state index contributed by atoms with van der Waals surface area (Å²) in [7, 11) is 0. The average Bonchev–Trinajstić information content (AvgIpc) is 3.44. The molecule has 0 radical (unpaired) electrons. The Balaban J connectivity index is 1.77. The number of hydrogen-bond acceptors (Lipinski definition) is 8. The molecule has 1 aliphatic rings. The molecule has 1 unspecified atom stereocenters. The summed E-state index contributed by atoms with van der Waals surface area (Å²) in [6.45, 7) is 6.51. The van der Waals surface area contributed by atoms with Crippen molar-refractivity contribution in [2.24, 2.45) is 0 Å². The molecule has 1 amide bonds. The van der Waals surface area contributed by atoms with Gasteiger partial charge in [0, 0.05) is 0 Å². The first kappa shape index (κ1) is 23.0. The average molecular weight is 496 g/mol. The molecule has 2 aromatic carbocycles. The summed E-state index contributed by atoms with van der Waals surface area (Å²) in [5.74, 6) is -0.154.